The summed E-state index contributed by atoms with van der Waals surface area (Å²) in [5.74, 6) is -2.07. The van der Waals surface area contributed by atoms with Crippen molar-refractivity contribution in [3.05, 3.63) is 35.4 Å². The summed E-state index contributed by atoms with van der Waals surface area (Å²) in [6.07, 6.45) is 0.421. The van der Waals surface area contributed by atoms with Crippen molar-refractivity contribution in [3.8, 4) is 0 Å². The number of nitrogens with two attached hydrogens (primary N) is 1. The summed E-state index contributed by atoms with van der Waals surface area (Å²) in [5.41, 5.74) is 6.17. The number of amides is 1. The molecule has 4 N–H and O–H groups in total. The van der Waals surface area contributed by atoms with Gasteiger partial charge in [-0.1, -0.05) is 10.6 Å². The number of halogens is 1. The van der Waals surface area contributed by atoms with E-state index in [1.165, 1.54) is 0 Å². The number of carbonyl (C=O) groups is 1. The molecule has 6 nitrogen and oxygen atoms in total. The Kier molecular flexibility index (Phi) is 3.28. The predicted octanol–water partition coefficient (Wildman–Crippen LogP) is 1.17. The fourth-order valence-corrected chi connectivity index (χ4v) is 1.98. The molecule has 0 saturated carbocycles. The van der Waals surface area contributed by atoms with Gasteiger partial charge in [0, 0.05) is 0 Å². The maximum atomic E-state index is 12.9. The molecule has 0 spiro atoms. The number of rotatable bonds is 3. The van der Waals surface area contributed by atoms with Crippen LogP contribution < -0.4 is 11.1 Å². The van der Waals surface area contributed by atoms with Gasteiger partial charge in [-0.2, -0.15) is 0 Å². The zero-order valence-corrected chi connectivity index (χ0v) is 9.79. The molecule has 0 atom stereocenters. The van der Waals surface area contributed by atoms with Crippen LogP contribution in [-0.4, -0.2) is 21.7 Å². The first kappa shape index (κ1) is 12.1. The summed E-state index contributed by atoms with van der Waals surface area (Å²) in [4.78, 5) is 11.9. The molecule has 1 aromatic carbocycles. The van der Waals surface area contributed by atoms with Gasteiger partial charge in [0.25, 0.3) is 5.91 Å². The second-order valence-corrected chi connectivity index (χ2v) is 4.04. The van der Waals surface area contributed by atoms with E-state index in [1.807, 2.05) is 0 Å². The molecule has 0 aliphatic rings. The third-order valence-corrected chi connectivity index (χ3v) is 2.93. The Hall–Kier alpha value is -2.35. The van der Waals surface area contributed by atoms with E-state index in [9.17, 15) is 9.18 Å². The van der Waals surface area contributed by atoms with Gasteiger partial charge in [0.15, 0.2) is 5.83 Å². The predicted molar refractivity (Wildman–Crippen MR) is 66.0 cm³/mol. The minimum Gasteiger partial charge on any atom is -0.383 e. The van der Waals surface area contributed by atoms with Crippen molar-refractivity contribution in [1.29, 1.82) is 5.41 Å². The van der Waals surface area contributed by atoms with Gasteiger partial charge in [-0.05, 0) is 23.7 Å². The van der Waals surface area contributed by atoms with Crippen LogP contribution >= 0.6 is 11.5 Å². The first-order valence-electron chi connectivity index (χ1n) is 4.81. The molecule has 1 heterocycles. The lowest BCUT2D eigenvalue weighted by molar-refractivity contribution is 0.0966. The summed E-state index contributed by atoms with van der Waals surface area (Å²) in [5, 5.41) is 12.7. The molecule has 8 heteroatoms. The number of hydrogen-bond acceptors (Lipinski definition) is 6. The van der Waals surface area contributed by atoms with Gasteiger partial charge in [0.1, 0.15) is 11.3 Å². The van der Waals surface area contributed by atoms with Crippen molar-refractivity contribution >= 4 is 33.9 Å². The molecule has 2 aromatic rings. The number of fused-ring (bicyclic) bond motifs is 1. The van der Waals surface area contributed by atoms with Crippen molar-refractivity contribution < 1.29 is 9.18 Å². The number of allylic oxidation sites excluding steroid dienone is 1. The molecule has 0 saturated heterocycles. The largest absolute Gasteiger partial charge is 0.383 e. The summed E-state index contributed by atoms with van der Waals surface area (Å²) >= 11 is 1.07. The van der Waals surface area contributed by atoms with Gasteiger partial charge in [0.05, 0.1) is 16.5 Å². The van der Waals surface area contributed by atoms with Crippen molar-refractivity contribution in [1.82, 2.24) is 14.9 Å². The van der Waals surface area contributed by atoms with E-state index in [2.05, 4.69) is 14.9 Å². The Morgan fingerprint density at radius 2 is 2.33 bits per heavy atom. The molecule has 0 radical (unpaired) electrons. The second kappa shape index (κ2) is 4.88. The van der Waals surface area contributed by atoms with Crippen LogP contribution in [0, 0.1) is 5.41 Å². The standard InChI is InChI=1S/C10H8FN5OS/c11-6(4-12)9(13)14-10(17)5-2-1-3-7-8(5)18-16-15-7/h1-4,12H,13H2,(H,14,17)/b9-6-,12-4?. The first-order valence-corrected chi connectivity index (χ1v) is 5.59. The fraction of sp³-hybridized carbons (Fsp3) is 0. The highest BCUT2D eigenvalue weighted by molar-refractivity contribution is 7.13. The molecular formula is C10H8FN5OS. The smallest absolute Gasteiger partial charge is 0.258 e. The Bertz CT molecular complexity index is 651. The van der Waals surface area contributed by atoms with E-state index >= 15 is 0 Å². The maximum absolute atomic E-state index is 12.9. The second-order valence-electron chi connectivity index (χ2n) is 3.29. The zero-order chi connectivity index (χ0) is 13.1. The Labute approximate surface area is 105 Å². The van der Waals surface area contributed by atoms with Crippen LogP contribution in [0.1, 0.15) is 10.4 Å². The molecule has 0 unspecified atom stereocenters. The zero-order valence-electron chi connectivity index (χ0n) is 8.98. The van der Waals surface area contributed by atoms with Crippen molar-refractivity contribution in [2.75, 3.05) is 0 Å². The lowest BCUT2D eigenvalue weighted by Crippen LogP contribution is -2.28. The van der Waals surface area contributed by atoms with E-state index in [1.54, 1.807) is 18.2 Å². The maximum Gasteiger partial charge on any atom is 0.258 e. The molecule has 2 rings (SSSR count). The molecule has 0 bridgehead atoms. The molecule has 0 aliphatic carbocycles. The van der Waals surface area contributed by atoms with Crippen LogP contribution in [0.5, 0.6) is 0 Å². The van der Waals surface area contributed by atoms with Gasteiger partial charge in [0.2, 0.25) is 0 Å². The van der Waals surface area contributed by atoms with Crippen LogP contribution in [0.15, 0.2) is 29.8 Å². The number of aromatic nitrogens is 2. The minimum atomic E-state index is -1.00. The number of nitrogens with one attached hydrogen (secondary N) is 2. The van der Waals surface area contributed by atoms with Gasteiger partial charge in [-0.25, -0.2) is 4.39 Å². The molecule has 18 heavy (non-hydrogen) atoms. The molecule has 1 aromatic heterocycles. The average Bonchev–Trinajstić information content (AvgIpc) is 2.85. The van der Waals surface area contributed by atoms with Crippen LogP contribution in [0.2, 0.25) is 0 Å². The van der Waals surface area contributed by atoms with Gasteiger partial charge >= 0.3 is 0 Å². The number of hydrogen-bond donors (Lipinski definition) is 3. The number of carbonyl (C=O) groups excluding carboxylic acids is 1. The summed E-state index contributed by atoms with van der Waals surface area (Å²) < 4.78 is 17.3. The molecule has 0 fully saturated rings. The van der Waals surface area contributed by atoms with E-state index in [-0.39, 0.29) is 0 Å². The van der Waals surface area contributed by atoms with Crippen molar-refractivity contribution in [2.45, 2.75) is 0 Å². The number of nitrogens with zero attached hydrogens (tertiary/aromatic N) is 2. The average molecular weight is 265 g/mol. The Morgan fingerprint density at radius 3 is 3.06 bits per heavy atom. The van der Waals surface area contributed by atoms with E-state index < -0.39 is 17.6 Å². The van der Waals surface area contributed by atoms with Gasteiger partial charge < -0.3 is 16.5 Å². The Morgan fingerprint density at radius 1 is 1.56 bits per heavy atom. The third kappa shape index (κ3) is 2.18. The van der Waals surface area contributed by atoms with Crippen molar-refractivity contribution in [3.63, 3.8) is 0 Å². The number of benzene rings is 1. The molecule has 0 aliphatic heterocycles. The summed E-state index contributed by atoms with van der Waals surface area (Å²) in [6.45, 7) is 0. The van der Waals surface area contributed by atoms with Crippen LogP contribution in [0.4, 0.5) is 4.39 Å². The lowest BCUT2D eigenvalue weighted by atomic mass is 10.2. The summed E-state index contributed by atoms with van der Waals surface area (Å²) in [7, 11) is 0. The summed E-state index contributed by atoms with van der Waals surface area (Å²) in [6, 6.07) is 4.92. The minimum absolute atomic E-state index is 0.309. The topological polar surface area (TPSA) is 105 Å². The monoisotopic (exact) mass is 265 g/mol. The SMILES string of the molecule is N=C/C(F)=C(\N)NC(=O)c1cccc2nnsc12. The molecule has 92 valence electrons. The normalized spacial score (nSPS) is 12.1. The third-order valence-electron chi connectivity index (χ3n) is 2.15. The quantitative estimate of drug-likeness (QED) is 0.724. The van der Waals surface area contributed by atoms with Gasteiger partial charge in [-0.3, -0.25) is 4.79 Å². The first-order chi connectivity index (χ1) is 8.63. The van der Waals surface area contributed by atoms with E-state index in [0.717, 1.165) is 11.5 Å². The van der Waals surface area contributed by atoms with E-state index in [0.29, 0.717) is 22.0 Å². The van der Waals surface area contributed by atoms with Crippen LogP contribution in [0.3, 0.4) is 0 Å². The van der Waals surface area contributed by atoms with Gasteiger partial charge in [-0.15, -0.1) is 5.10 Å². The fourth-order valence-electron chi connectivity index (χ4n) is 1.31. The highest BCUT2D eigenvalue weighted by Gasteiger charge is 2.13. The Balaban J connectivity index is 2.35. The highest BCUT2D eigenvalue weighted by atomic mass is 32.1. The molecule has 1 amide bonds. The van der Waals surface area contributed by atoms with Crippen molar-refractivity contribution in [2.24, 2.45) is 5.73 Å². The van der Waals surface area contributed by atoms with Crippen LogP contribution in [0.25, 0.3) is 10.2 Å². The van der Waals surface area contributed by atoms with E-state index in [4.69, 9.17) is 11.1 Å². The highest BCUT2D eigenvalue weighted by Crippen LogP contribution is 2.20. The molecular weight excluding hydrogens is 257 g/mol. The lowest BCUT2D eigenvalue weighted by Gasteiger charge is -2.05. The van der Waals surface area contributed by atoms with Crippen LogP contribution in [-0.2, 0) is 0 Å².